The SMILES string of the molecule is CN1CC=C(c2ccc(F)cc2)c2ccc(-c3cccnn3)c(F)c2C1. The second kappa shape index (κ2) is 6.77. The topological polar surface area (TPSA) is 29.0 Å². The van der Waals surface area contributed by atoms with E-state index in [1.807, 2.05) is 18.0 Å². The molecule has 1 aromatic heterocycles. The van der Waals surface area contributed by atoms with Crippen LogP contribution in [0, 0.1) is 11.6 Å². The summed E-state index contributed by atoms with van der Waals surface area (Å²) in [5, 5.41) is 7.87. The number of nitrogens with zero attached hydrogens (tertiary/aromatic N) is 3. The highest BCUT2D eigenvalue weighted by Gasteiger charge is 2.22. The largest absolute Gasteiger partial charge is 0.298 e. The molecule has 3 nitrogen and oxygen atoms in total. The Balaban J connectivity index is 1.88. The van der Waals surface area contributed by atoms with Crippen molar-refractivity contribution >= 4 is 5.57 Å². The fraction of sp³-hybridized carbons (Fsp3) is 0.143. The Kier molecular flexibility index (Phi) is 4.31. The smallest absolute Gasteiger partial charge is 0.137 e. The van der Waals surface area contributed by atoms with Gasteiger partial charge in [-0.1, -0.05) is 24.3 Å². The molecular weight excluding hydrogens is 332 g/mol. The van der Waals surface area contributed by atoms with Gasteiger partial charge in [-0.25, -0.2) is 8.78 Å². The van der Waals surface area contributed by atoms with E-state index in [1.54, 1.807) is 36.5 Å². The van der Waals surface area contributed by atoms with Crippen molar-refractivity contribution in [1.82, 2.24) is 15.1 Å². The highest BCUT2D eigenvalue weighted by atomic mass is 19.1. The van der Waals surface area contributed by atoms with Crippen LogP contribution < -0.4 is 0 Å². The fourth-order valence-corrected chi connectivity index (χ4v) is 3.27. The lowest BCUT2D eigenvalue weighted by Crippen LogP contribution is -2.17. The first-order chi connectivity index (χ1) is 12.6. The van der Waals surface area contributed by atoms with Crippen LogP contribution in [-0.4, -0.2) is 28.7 Å². The maximum Gasteiger partial charge on any atom is 0.137 e. The molecule has 2 heterocycles. The minimum Gasteiger partial charge on any atom is -0.298 e. The van der Waals surface area contributed by atoms with E-state index < -0.39 is 0 Å². The number of fused-ring (bicyclic) bond motifs is 1. The molecule has 0 fully saturated rings. The van der Waals surface area contributed by atoms with Crippen LogP contribution >= 0.6 is 0 Å². The van der Waals surface area contributed by atoms with Crippen molar-refractivity contribution in [1.29, 1.82) is 0 Å². The van der Waals surface area contributed by atoms with Gasteiger partial charge in [-0.05, 0) is 54.1 Å². The monoisotopic (exact) mass is 349 g/mol. The Morgan fingerprint density at radius 2 is 1.73 bits per heavy atom. The van der Waals surface area contributed by atoms with Crippen LogP contribution in [0.5, 0.6) is 0 Å². The minimum absolute atomic E-state index is 0.287. The molecule has 0 bridgehead atoms. The summed E-state index contributed by atoms with van der Waals surface area (Å²) >= 11 is 0. The lowest BCUT2D eigenvalue weighted by atomic mass is 9.92. The predicted octanol–water partition coefficient (Wildman–Crippen LogP) is 4.30. The third-order valence-corrected chi connectivity index (χ3v) is 4.57. The molecular formula is C21H17F2N3. The van der Waals surface area contributed by atoms with Crippen LogP contribution in [0.1, 0.15) is 16.7 Å². The van der Waals surface area contributed by atoms with Gasteiger partial charge in [-0.2, -0.15) is 10.2 Å². The standard InChI is InChI=1S/C21H17F2N3/c1-26-12-10-16(14-4-6-15(22)7-5-14)17-8-9-18(21(23)19(17)13-26)20-3-2-11-24-25-20/h2-11H,12-13H2,1H3. The maximum absolute atomic E-state index is 15.4. The molecule has 3 aromatic rings. The number of aromatic nitrogens is 2. The summed E-state index contributed by atoms with van der Waals surface area (Å²) in [6.07, 6.45) is 3.62. The number of rotatable bonds is 2. The van der Waals surface area contributed by atoms with Gasteiger partial charge in [0.1, 0.15) is 11.6 Å². The van der Waals surface area contributed by atoms with E-state index in [0.29, 0.717) is 29.9 Å². The summed E-state index contributed by atoms with van der Waals surface area (Å²) in [5.41, 5.74) is 4.16. The van der Waals surface area contributed by atoms with Crippen LogP contribution in [0.3, 0.4) is 0 Å². The summed E-state index contributed by atoms with van der Waals surface area (Å²) in [6.45, 7) is 1.16. The fourth-order valence-electron chi connectivity index (χ4n) is 3.27. The van der Waals surface area contributed by atoms with E-state index >= 15 is 4.39 Å². The zero-order valence-electron chi connectivity index (χ0n) is 14.3. The van der Waals surface area contributed by atoms with Crippen molar-refractivity contribution in [2.75, 3.05) is 13.6 Å². The summed E-state index contributed by atoms with van der Waals surface area (Å²) < 4.78 is 28.7. The number of likely N-dealkylation sites (N-methyl/N-ethyl adjacent to an activating group) is 1. The lowest BCUT2D eigenvalue weighted by molar-refractivity contribution is 0.358. The molecule has 0 saturated carbocycles. The molecule has 130 valence electrons. The Labute approximate surface area is 150 Å². The molecule has 5 heteroatoms. The van der Waals surface area contributed by atoms with Gasteiger partial charge in [0.15, 0.2) is 0 Å². The minimum atomic E-state index is -0.288. The van der Waals surface area contributed by atoms with E-state index in [2.05, 4.69) is 16.3 Å². The second-order valence-electron chi connectivity index (χ2n) is 6.38. The quantitative estimate of drug-likeness (QED) is 0.691. The van der Waals surface area contributed by atoms with E-state index in [0.717, 1.165) is 16.7 Å². The Hall–Kier alpha value is -2.92. The first-order valence-electron chi connectivity index (χ1n) is 8.38. The van der Waals surface area contributed by atoms with Gasteiger partial charge >= 0.3 is 0 Å². The molecule has 1 aliphatic heterocycles. The molecule has 2 aromatic carbocycles. The van der Waals surface area contributed by atoms with Crippen LogP contribution in [0.2, 0.25) is 0 Å². The highest BCUT2D eigenvalue weighted by Crippen LogP contribution is 2.34. The summed E-state index contributed by atoms with van der Waals surface area (Å²) in [6, 6.07) is 13.4. The van der Waals surface area contributed by atoms with E-state index in [-0.39, 0.29) is 11.6 Å². The van der Waals surface area contributed by atoms with Crippen molar-refractivity contribution in [2.24, 2.45) is 0 Å². The molecule has 0 saturated heterocycles. The van der Waals surface area contributed by atoms with Crippen LogP contribution in [0.25, 0.3) is 16.8 Å². The Morgan fingerprint density at radius 3 is 2.46 bits per heavy atom. The predicted molar refractivity (Wildman–Crippen MR) is 97.2 cm³/mol. The molecule has 0 atom stereocenters. The first-order valence-corrected chi connectivity index (χ1v) is 8.38. The van der Waals surface area contributed by atoms with Crippen LogP contribution in [0.4, 0.5) is 8.78 Å². The molecule has 1 aliphatic rings. The van der Waals surface area contributed by atoms with Gasteiger partial charge in [0.2, 0.25) is 0 Å². The van der Waals surface area contributed by atoms with Gasteiger partial charge in [0, 0.05) is 30.4 Å². The summed E-state index contributed by atoms with van der Waals surface area (Å²) in [4.78, 5) is 2.04. The Morgan fingerprint density at radius 1 is 0.962 bits per heavy atom. The van der Waals surface area contributed by atoms with Crippen LogP contribution in [-0.2, 0) is 6.54 Å². The molecule has 0 aliphatic carbocycles. The summed E-state index contributed by atoms with van der Waals surface area (Å²) in [7, 11) is 1.95. The van der Waals surface area contributed by atoms with Crippen molar-refractivity contribution in [3.8, 4) is 11.3 Å². The van der Waals surface area contributed by atoms with Gasteiger partial charge in [-0.15, -0.1) is 0 Å². The number of benzene rings is 2. The van der Waals surface area contributed by atoms with E-state index in [9.17, 15) is 4.39 Å². The lowest BCUT2D eigenvalue weighted by Gasteiger charge is -2.17. The van der Waals surface area contributed by atoms with Gasteiger partial charge in [-0.3, -0.25) is 4.90 Å². The molecule has 26 heavy (non-hydrogen) atoms. The molecule has 0 amide bonds. The zero-order chi connectivity index (χ0) is 18.1. The van der Waals surface area contributed by atoms with Crippen molar-refractivity contribution in [3.05, 3.63) is 89.1 Å². The van der Waals surface area contributed by atoms with Gasteiger partial charge in [0.25, 0.3) is 0 Å². The molecule has 0 unspecified atom stereocenters. The number of halogens is 2. The number of hydrogen-bond acceptors (Lipinski definition) is 3. The van der Waals surface area contributed by atoms with Crippen LogP contribution in [0.15, 0.2) is 60.8 Å². The van der Waals surface area contributed by atoms with Gasteiger partial charge < -0.3 is 0 Å². The third kappa shape index (κ3) is 3.02. The second-order valence-corrected chi connectivity index (χ2v) is 6.38. The van der Waals surface area contributed by atoms with Crippen molar-refractivity contribution in [3.63, 3.8) is 0 Å². The first kappa shape index (κ1) is 16.5. The normalized spacial score (nSPS) is 14.5. The zero-order valence-corrected chi connectivity index (χ0v) is 14.3. The molecule has 4 rings (SSSR count). The van der Waals surface area contributed by atoms with Crippen molar-refractivity contribution < 1.29 is 8.78 Å². The highest BCUT2D eigenvalue weighted by molar-refractivity contribution is 5.83. The van der Waals surface area contributed by atoms with E-state index in [1.165, 1.54) is 12.1 Å². The maximum atomic E-state index is 15.4. The Bertz CT molecular complexity index is 967. The molecule has 0 radical (unpaired) electrons. The molecule has 0 N–H and O–H groups in total. The van der Waals surface area contributed by atoms with E-state index in [4.69, 9.17) is 0 Å². The average molecular weight is 349 g/mol. The average Bonchev–Trinajstić information content (AvgIpc) is 2.83. The number of hydrogen-bond donors (Lipinski definition) is 0. The van der Waals surface area contributed by atoms with Crippen molar-refractivity contribution in [2.45, 2.75) is 6.54 Å². The molecule has 0 spiro atoms. The van der Waals surface area contributed by atoms with Gasteiger partial charge in [0.05, 0.1) is 5.69 Å². The summed E-state index contributed by atoms with van der Waals surface area (Å²) in [5.74, 6) is -0.575. The third-order valence-electron chi connectivity index (χ3n) is 4.57.